The van der Waals surface area contributed by atoms with E-state index in [1.165, 1.54) is 36.7 Å². The van der Waals surface area contributed by atoms with Gasteiger partial charge in [0.25, 0.3) is 0 Å². The summed E-state index contributed by atoms with van der Waals surface area (Å²) in [6.07, 6.45) is 10.3. The van der Waals surface area contributed by atoms with E-state index in [9.17, 15) is 9.65 Å². The van der Waals surface area contributed by atoms with E-state index in [1.807, 2.05) is 12.4 Å². The van der Waals surface area contributed by atoms with Crippen molar-refractivity contribution in [2.75, 3.05) is 12.8 Å². The first-order valence-electron chi connectivity index (χ1n) is 11.8. The summed E-state index contributed by atoms with van der Waals surface area (Å²) in [5, 5.41) is 18.9. The predicted molar refractivity (Wildman–Crippen MR) is 134 cm³/mol. The molecule has 0 radical (unpaired) electrons. The molecule has 2 saturated heterocycles. The van der Waals surface area contributed by atoms with Crippen molar-refractivity contribution in [3.63, 3.8) is 0 Å². The number of nitrogen functional groups attached to an aromatic ring is 1. The fourth-order valence-corrected chi connectivity index (χ4v) is 6.82. The Balaban J connectivity index is 1.41. The average molecular weight is 488 g/mol. The maximum atomic E-state index is 13.6. The Bertz CT molecular complexity index is 1470. The number of nitriles is 1. The highest BCUT2D eigenvalue weighted by Gasteiger charge is 2.39. The van der Waals surface area contributed by atoms with Crippen molar-refractivity contribution < 1.29 is 4.39 Å². The van der Waals surface area contributed by atoms with E-state index in [4.69, 9.17) is 10.8 Å². The number of hydrogen-bond donors (Lipinski definition) is 1. The molecule has 4 aromatic rings. The number of pyridine rings is 1. The van der Waals surface area contributed by atoms with Gasteiger partial charge >= 0.3 is 0 Å². The maximum absolute atomic E-state index is 13.6. The zero-order chi connectivity index (χ0) is 24.3. The average Bonchev–Trinajstić information content (AvgIpc) is 3.48. The minimum absolute atomic E-state index is 0.359. The Morgan fingerprint density at radius 1 is 1.09 bits per heavy atom. The minimum Gasteiger partial charge on any atom is -0.398 e. The summed E-state index contributed by atoms with van der Waals surface area (Å²) in [5.74, 6) is -0.377. The molecule has 0 amide bonds. The number of benzene rings is 1. The summed E-state index contributed by atoms with van der Waals surface area (Å²) in [6.45, 7) is 2.13. The lowest BCUT2D eigenvalue weighted by Crippen LogP contribution is -2.40. The molecular weight excluding hydrogens is 461 g/mol. The second-order valence-corrected chi connectivity index (χ2v) is 10.7. The zero-order valence-corrected chi connectivity index (χ0v) is 20.5. The van der Waals surface area contributed by atoms with E-state index in [1.54, 1.807) is 16.8 Å². The normalized spacial score (nSPS) is 22.1. The van der Waals surface area contributed by atoms with E-state index < -0.39 is 0 Å². The number of fused-ring (bicyclic) bond motifs is 3. The van der Waals surface area contributed by atoms with Gasteiger partial charge in [0.2, 0.25) is 0 Å². The molecule has 0 spiro atoms. The van der Waals surface area contributed by atoms with Gasteiger partial charge in [-0.05, 0) is 63.9 Å². The number of aromatic nitrogens is 4. The van der Waals surface area contributed by atoms with Gasteiger partial charge < -0.3 is 10.6 Å². The number of anilines is 1. The lowest BCUT2D eigenvalue weighted by Gasteiger charge is -2.36. The lowest BCUT2D eigenvalue weighted by molar-refractivity contribution is 0.130. The predicted octanol–water partition coefficient (Wildman–Crippen LogP) is 5.05. The Labute approximate surface area is 207 Å². The first-order chi connectivity index (χ1) is 16.9. The van der Waals surface area contributed by atoms with Crippen LogP contribution < -0.4 is 5.73 Å². The van der Waals surface area contributed by atoms with Crippen LogP contribution in [0.5, 0.6) is 0 Å². The number of nitrogens with zero attached hydrogens (tertiary/aromatic N) is 6. The summed E-state index contributed by atoms with van der Waals surface area (Å²) in [5.41, 5.74) is 10.8. The number of rotatable bonds is 4. The van der Waals surface area contributed by atoms with Crippen molar-refractivity contribution in [2.24, 2.45) is 0 Å². The third-order valence-corrected chi connectivity index (χ3v) is 8.79. The van der Waals surface area contributed by atoms with Crippen LogP contribution in [0.15, 0.2) is 52.6 Å². The Morgan fingerprint density at radius 3 is 2.57 bits per heavy atom. The summed E-state index contributed by atoms with van der Waals surface area (Å²) >= 11 is 1.41. The highest BCUT2D eigenvalue weighted by Crippen LogP contribution is 2.42. The maximum Gasteiger partial charge on any atom is 0.125 e. The molecule has 0 saturated carbocycles. The fourth-order valence-electron chi connectivity index (χ4n) is 5.78. The van der Waals surface area contributed by atoms with Crippen molar-refractivity contribution in [3.05, 3.63) is 59.9 Å². The first kappa shape index (κ1) is 22.1. The number of nitrogens with two attached hydrogens (primary N) is 1. The van der Waals surface area contributed by atoms with Crippen LogP contribution in [0.4, 0.5) is 10.1 Å². The van der Waals surface area contributed by atoms with E-state index >= 15 is 0 Å². The van der Waals surface area contributed by atoms with Crippen LogP contribution in [0.1, 0.15) is 43.0 Å². The van der Waals surface area contributed by atoms with Gasteiger partial charge in [-0.15, -0.1) is 0 Å². The molecule has 7 nitrogen and oxygen atoms in total. The minimum atomic E-state index is -0.377. The molecule has 9 heteroatoms. The van der Waals surface area contributed by atoms with Crippen LogP contribution in [0.2, 0.25) is 0 Å². The van der Waals surface area contributed by atoms with Crippen LogP contribution in [0.3, 0.4) is 0 Å². The summed E-state index contributed by atoms with van der Waals surface area (Å²) in [6, 6.07) is 10.3. The molecule has 6 rings (SSSR count). The van der Waals surface area contributed by atoms with Crippen LogP contribution in [0, 0.1) is 24.1 Å². The first-order valence-corrected chi connectivity index (χ1v) is 12.7. The van der Waals surface area contributed by atoms with E-state index in [0.717, 1.165) is 39.5 Å². The molecule has 2 fully saturated rings. The third kappa shape index (κ3) is 3.68. The fraction of sp³-hybridized carbons (Fsp3) is 0.346. The van der Waals surface area contributed by atoms with Crippen molar-refractivity contribution >= 4 is 23.0 Å². The third-order valence-electron chi connectivity index (χ3n) is 7.66. The Hall–Kier alpha value is -3.35. The molecule has 1 aromatic carbocycles. The molecule has 3 aromatic heterocycles. The molecule has 2 aliphatic rings. The quantitative estimate of drug-likeness (QED) is 0.406. The van der Waals surface area contributed by atoms with E-state index in [0.29, 0.717) is 34.9 Å². The number of halogens is 1. The molecule has 2 bridgehead atoms. The largest absolute Gasteiger partial charge is 0.398 e. The SMILES string of the molecule is Cc1c(-c2cc(Sc3ccc(F)cc3N)c3c(C#N)cnn3c2)cnn1C1C[C@H]2CC[C@@H](C1)N2C. The highest BCUT2D eigenvalue weighted by molar-refractivity contribution is 7.99. The molecule has 35 heavy (non-hydrogen) atoms. The van der Waals surface area contributed by atoms with Crippen molar-refractivity contribution in [2.45, 2.75) is 60.5 Å². The van der Waals surface area contributed by atoms with Crippen LogP contribution >= 0.6 is 11.8 Å². The number of piperidine rings is 1. The van der Waals surface area contributed by atoms with Gasteiger partial charge in [-0.25, -0.2) is 8.91 Å². The second-order valence-electron chi connectivity index (χ2n) is 9.60. The van der Waals surface area contributed by atoms with Gasteiger partial charge in [-0.1, -0.05) is 11.8 Å². The summed E-state index contributed by atoms with van der Waals surface area (Å²) < 4.78 is 17.5. The molecule has 2 aliphatic heterocycles. The molecule has 3 atom stereocenters. The van der Waals surface area contributed by atoms with Gasteiger partial charge in [0, 0.05) is 50.6 Å². The van der Waals surface area contributed by atoms with Crippen LogP contribution in [-0.4, -0.2) is 43.4 Å². The van der Waals surface area contributed by atoms with Crippen LogP contribution in [-0.2, 0) is 0 Å². The molecule has 1 unspecified atom stereocenters. The smallest absolute Gasteiger partial charge is 0.125 e. The monoisotopic (exact) mass is 487 g/mol. The van der Waals surface area contributed by atoms with Crippen molar-refractivity contribution in [1.29, 1.82) is 5.26 Å². The zero-order valence-electron chi connectivity index (χ0n) is 19.6. The molecule has 2 N–H and O–H groups in total. The van der Waals surface area contributed by atoms with E-state index in [2.05, 4.69) is 40.8 Å². The highest BCUT2D eigenvalue weighted by atomic mass is 32.2. The van der Waals surface area contributed by atoms with Gasteiger partial charge in [0.05, 0.1) is 29.5 Å². The van der Waals surface area contributed by atoms with Gasteiger partial charge in [0.1, 0.15) is 11.9 Å². The second kappa shape index (κ2) is 8.40. The summed E-state index contributed by atoms with van der Waals surface area (Å²) in [7, 11) is 2.25. The van der Waals surface area contributed by atoms with Crippen molar-refractivity contribution in [3.8, 4) is 17.2 Å². The topological polar surface area (TPSA) is 88.2 Å². The Morgan fingerprint density at radius 2 is 1.86 bits per heavy atom. The van der Waals surface area contributed by atoms with Gasteiger partial charge in [-0.3, -0.25) is 4.68 Å². The Kier molecular flexibility index (Phi) is 5.31. The number of hydrogen-bond acceptors (Lipinski definition) is 6. The lowest BCUT2D eigenvalue weighted by atomic mass is 9.97. The standard InChI is InChI=1S/C26H26FN7S/c1-15-22(13-31-34(15)21-9-19-4-5-20(10-21)32(19)2)16-7-25(26-17(11-28)12-30-33(26)14-16)35-24-6-3-18(27)8-23(24)29/h3,6-8,12-14,19-21H,4-5,9-10,29H2,1-2H3/t19-,20+,21?. The van der Waals surface area contributed by atoms with Gasteiger partial charge in [-0.2, -0.15) is 15.5 Å². The molecule has 5 heterocycles. The summed E-state index contributed by atoms with van der Waals surface area (Å²) in [4.78, 5) is 4.10. The molecular formula is C26H26FN7S. The molecule has 0 aliphatic carbocycles. The molecule has 178 valence electrons. The van der Waals surface area contributed by atoms with E-state index in [-0.39, 0.29) is 5.82 Å². The van der Waals surface area contributed by atoms with Crippen molar-refractivity contribution in [1.82, 2.24) is 24.3 Å². The van der Waals surface area contributed by atoms with Crippen LogP contribution in [0.25, 0.3) is 16.6 Å². The van der Waals surface area contributed by atoms with Gasteiger partial charge in [0.15, 0.2) is 0 Å².